The lowest BCUT2D eigenvalue weighted by molar-refractivity contribution is -0.132. The van der Waals surface area contributed by atoms with Crippen molar-refractivity contribution in [3.05, 3.63) is 72.3 Å². The van der Waals surface area contributed by atoms with Crippen LogP contribution < -0.4 is 9.64 Å². The first-order valence-corrected chi connectivity index (χ1v) is 13.6. The molecule has 4 rings (SSSR count). The zero-order valence-electron chi connectivity index (χ0n) is 23.1. The Morgan fingerprint density at radius 2 is 1.54 bits per heavy atom. The lowest BCUT2D eigenvalue weighted by Gasteiger charge is -2.36. The van der Waals surface area contributed by atoms with Crippen molar-refractivity contribution in [2.24, 2.45) is 0 Å². The van der Waals surface area contributed by atoms with Crippen LogP contribution in [0.1, 0.15) is 24.2 Å². The number of carbonyl (C=O) groups excluding carboxylic acids is 2. The molecular weight excluding hydrogens is 492 g/mol. The molecule has 1 fully saturated rings. The Morgan fingerprint density at radius 1 is 0.846 bits per heavy atom. The van der Waals surface area contributed by atoms with Crippen LogP contribution in [0.4, 0.5) is 5.82 Å². The summed E-state index contributed by atoms with van der Waals surface area (Å²) < 4.78 is 5.22. The van der Waals surface area contributed by atoms with Crippen LogP contribution >= 0.6 is 0 Å². The van der Waals surface area contributed by atoms with Gasteiger partial charge in [-0.2, -0.15) is 0 Å². The molecule has 0 aliphatic carbocycles. The zero-order valence-corrected chi connectivity index (χ0v) is 23.1. The minimum atomic E-state index is -0.109. The molecule has 0 saturated carbocycles. The largest absolute Gasteiger partial charge is 0.497 e. The van der Waals surface area contributed by atoms with Gasteiger partial charge in [0.15, 0.2) is 5.82 Å². The third kappa shape index (κ3) is 7.32. The molecule has 0 atom stereocenters. The number of methoxy groups -OCH3 is 1. The summed E-state index contributed by atoms with van der Waals surface area (Å²) in [6.45, 7) is 9.81. The summed E-state index contributed by atoms with van der Waals surface area (Å²) >= 11 is 0. The molecule has 2 heterocycles. The van der Waals surface area contributed by atoms with Gasteiger partial charge in [-0.15, -0.1) is 10.2 Å². The second kappa shape index (κ2) is 13.7. The summed E-state index contributed by atoms with van der Waals surface area (Å²) in [4.78, 5) is 34.5. The van der Waals surface area contributed by atoms with Gasteiger partial charge < -0.3 is 24.3 Å². The fourth-order valence-corrected chi connectivity index (χ4v) is 4.68. The number of ether oxygens (including phenoxy) is 1. The first kappa shape index (κ1) is 28.0. The summed E-state index contributed by atoms with van der Waals surface area (Å²) in [5.74, 6) is 1.45. The van der Waals surface area contributed by atoms with Crippen LogP contribution in [0, 0.1) is 0 Å². The third-order valence-electron chi connectivity index (χ3n) is 7.21. The Labute approximate surface area is 231 Å². The van der Waals surface area contributed by atoms with Crippen LogP contribution in [0.5, 0.6) is 5.75 Å². The van der Waals surface area contributed by atoms with Crippen molar-refractivity contribution in [1.29, 1.82) is 0 Å². The molecule has 1 aliphatic rings. The van der Waals surface area contributed by atoms with Crippen molar-refractivity contribution in [3.8, 4) is 17.0 Å². The van der Waals surface area contributed by atoms with Crippen molar-refractivity contribution >= 4 is 17.6 Å². The van der Waals surface area contributed by atoms with Gasteiger partial charge in [-0.1, -0.05) is 32.0 Å². The van der Waals surface area contributed by atoms with E-state index in [2.05, 4.69) is 33.8 Å². The van der Waals surface area contributed by atoms with E-state index in [-0.39, 0.29) is 18.4 Å². The van der Waals surface area contributed by atoms with E-state index < -0.39 is 0 Å². The highest BCUT2D eigenvalue weighted by Crippen LogP contribution is 2.22. The molecule has 9 heteroatoms. The average Bonchev–Trinajstić information content (AvgIpc) is 3.01. The van der Waals surface area contributed by atoms with E-state index in [4.69, 9.17) is 4.74 Å². The molecule has 2 amide bonds. The van der Waals surface area contributed by atoms with E-state index in [9.17, 15) is 9.59 Å². The van der Waals surface area contributed by atoms with Crippen molar-refractivity contribution in [1.82, 2.24) is 24.9 Å². The van der Waals surface area contributed by atoms with Gasteiger partial charge in [-0.3, -0.25) is 9.59 Å². The number of piperazine rings is 1. The highest BCUT2D eigenvalue weighted by atomic mass is 16.5. The van der Waals surface area contributed by atoms with E-state index >= 15 is 0 Å². The maximum Gasteiger partial charge on any atom is 0.254 e. The number of rotatable bonds is 11. The Balaban J connectivity index is 1.34. The molecule has 2 aromatic carbocycles. The van der Waals surface area contributed by atoms with Crippen LogP contribution in [-0.4, -0.2) is 103 Å². The van der Waals surface area contributed by atoms with E-state index in [1.54, 1.807) is 24.1 Å². The maximum atomic E-state index is 13.3. The number of likely N-dealkylation sites (N-methyl/N-ethyl adjacent to an activating group) is 1. The number of amides is 2. The average molecular weight is 531 g/mol. The SMILES string of the molecule is CCN(CC)CCN(CC(=O)N1CCN(c2ccc(-c3ccc(OC)cc3)nn2)CC1)C(=O)c1ccccc1. The topological polar surface area (TPSA) is 82.1 Å². The Bertz CT molecular complexity index is 1190. The number of aromatic nitrogens is 2. The van der Waals surface area contributed by atoms with E-state index in [0.717, 1.165) is 42.5 Å². The summed E-state index contributed by atoms with van der Waals surface area (Å²) in [6.07, 6.45) is 0. The summed E-state index contributed by atoms with van der Waals surface area (Å²) in [5, 5.41) is 8.85. The number of benzene rings is 2. The number of nitrogens with zero attached hydrogens (tertiary/aromatic N) is 6. The summed E-state index contributed by atoms with van der Waals surface area (Å²) in [6, 6.07) is 20.8. The molecule has 0 N–H and O–H groups in total. The van der Waals surface area contributed by atoms with Gasteiger partial charge in [0.1, 0.15) is 12.3 Å². The zero-order chi connectivity index (χ0) is 27.6. The van der Waals surface area contributed by atoms with Gasteiger partial charge in [0, 0.05) is 50.4 Å². The van der Waals surface area contributed by atoms with Gasteiger partial charge in [-0.25, -0.2) is 0 Å². The number of anilines is 1. The monoisotopic (exact) mass is 530 g/mol. The van der Waals surface area contributed by atoms with Crippen LogP contribution in [0.3, 0.4) is 0 Å². The van der Waals surface area contributed by atoms with Gasteiger partial charge in [-0.05, 0) is 61.6 Å². The molecule has 0 radical (unpaired) electrons. The second-order valence-corrected chi connectivity index (χ2v) is 9.49. The molecule has 0 unspecified atom stereocenters. The highest BCUT2D eigenvalue weighted by molar-refractivity contribution is 5.96. The molecular formula is C30H38N6O3. The minimum Gasteiger partial charge on any atom is -0.497 e. The van der Waals surface area contributed by atoms with Crippen molar-refractivity contribution in [3.63, 3.8) is 0 Å². The Hall–Kier alpha value is -3.98. The van der Waals surface area contributed by atoms with E-state index in [0.29, 0.717) is 38.3 Å². The summed E-state index contributed by atoms with van der Waals surface area (Å²) in [7, 11) is 1.64. The van der Waals surface area contributed by atoms with Gasteiger partial charge in [0.25, 0.3) is 5.91 Å². The van der Waals surface area contributed by atoms with Crippen molar-refractivity contribution in [2.45, 2.75) is 13.8 Å². The molecule has 206 valence electrons. The quantitative estimate of drug-likeness (QED) is 0.376. The number of hydrogen-bond donors (Lipinski definition) is 0. The fourth-order valence-electron chi connectivity index (χ4n) is 4.68. The van der Waals surface area contributed by atoms with Gasteiger partial charge >= 0.3 is 0 Å². The van der Waals surface area contributed by atoms with Crippen molar-refractivity contribution in [2.75, 3.05) is 70.9 Å². The van der Waals surface area contributed by atoms with E-state index in [1.165, 1.54) is 0 Å². The van der Waals surface area contributed by atoms with Crippen LogP contribution in [0.15, 0.2) is 66.7 Å². The molecule has 1 aromatic heterocycles. The summed E-state index contributed by atoms with van der Waals surface area (Å²) in [5.41, 5.74) is 2.37. The molecule has 39 heavy (non-hydrogen) atoms. The molecule has 1 saturated heterocycles. The third-order valence-corrected chi connectivity index (χ3v) is 7.21. The number of carbonyl (C=O) groups is 2. The van der Waals surface area contributed by atoms with E-state index in [1.807, 2.05) is 59.5 Å². The van der Waals surface area contributed by atoms with Crippen LogP contribution in [0.25, 0.3) is 11.3 Å². The lowest BCUT2D eigenvalue weighted by Crippen LogP contribution is -2.52. The Kier molecular flexibility index (Phi) is 9.85. The predicted molar refractivity (Wildman–Crippen MR) is 153 cm³/mol. The minimum absolute atomic E-state index is 0.0283. The standard InChI is InChI=1S/C30H38N6O3/c1-4-33(5-2)17-18-36(30(38)25-9-7-6-8-10-25)23-29(37)35-21-19-34(20-22-35)28-16-15-27(31-32-28)24-11-13-26(39-3)14-12-24/h6-16H,4-5,17-23H2,1-3H3. The first-order valence-electron chi connectivity index (χ1n) is 13.6. The normalized spacial score (nSPS) is 13.4. The fraction of sp³-hybridized carbons (Fsp3) is 0.400. The molecule has 1 aliphatic heterocycles. The van der Waals surface area contributed by atoms with Crippen molar-refractivity contribution < 1.29 is 14.3 Å². The molecule has 3 aromatic rings. The highest BCUT2D eigenvalue weighted by Gasteiger charge is 2.26. The smallest absolute Gasteiger partial charge is 0.254 e. The van der Waals surface area contributed by atoms with Crippen LogP contribution in [0.2, 0.25) is 0 Å². The second-order valence-electron chi connectivity index (χ2n) is 9.49. The molecule has 0 spiro atoms. The van der Waals surface area contributed by atoms with Gasteiger partial charge in [0.05, 0.1) is 12.8 Å². The number of hydrogen-bond acceptors (Lipinski definition) is 7. The first-order chi connectivity index (χ1) is 19.0. The molecule has 0 bridgehead atoms. The lowest BCUT2D eigenvalue weighted by atomic mass is 10.1. The predicted octanol–water partition coefficient (Wildman–Crippen LogP) is 3.29. The molecule has 9 nitrogen and oxygen atoms in total. The maximum absolute atomic E-state index is 13.3. The van der Waals surface area contributed by atoms with Crippen LogP contribution in [-0.2, 0) is 4.79 Å². The van der Waals surface area contributed by atoms with Gasteiger partial charge in [0.2, 0.25) is 5.91 Å². The Morgan fingerprint density at radius 3 is 2.13 bits per heavy atom.